The predicted molar refractivity (Wildman–Crippen MR) is 78.1 cm³/mol. The summed E-state index contributed by atoms with van der Waals surface area (Å²) in [5.74, 6) is 1.21. The van der Waals surface area contributed by atoms with Gasteiger partial charge in [0.25, 0.3) is 0 Å². The van der Waals surface area contributed by atoms with Crippen molar-refractivity contribution in [3.63, 3.8) is 0 Å². The molecule has 0 unspecified atom stereocenters. The minimum Gasteiger partial charge on any atom is -0.369 e. The highest BCUT2D eigenvalue weighted by Crippen LogP contribution is 2.30. The number of nitrogens with one attached hydrogen (secondary N) is 2. The second kappa shape index (κ2) is 5.94. The van der Waals surface area contributed by atoms with Gasteiger partial charge < -0.3 is 10.6 Å². The molecule has 2 aromatic rings. The smallest absolute Gasteiger partial charge is 0.151 e. The van der Waals surface area contributed by atoms with E-state index in [1.165, 1.54) is 0 Å². The molecule has 1 aromatic carbocycles. The van der Waals surface area contributed by atoms with Crippen molar-refractivity contribution in [2.75, 3.05) is 17.2 Å². The quantitative estimate of drug-likeness (QED) is 0.862. The van der Waals surface area contributed by atoms with E-state index in [-0.39, 0.29) is 0 Å². The normalized spacial score (nSPS) is 10.2. The number of benzene rings is 1. The number of pyridine rings is 1. The van der Waals surface area contributed by atoms with Crippen LogP contribution < -0.4 is 10.6 Å². The van der Waals surface area contributed by atoms with Crippen molar-refractivity contribution in [1.29, 1.82) is 0 Å². The molecule has 0 amide bonds. The molecule has 0 radical (unpaired) electrons. The first kappa shape index (κ1) is 13.0. The van der Waals surface area contributed by atoms with Gasteiger partial charge in [-0.2, -0.15) is 0 Å². The molecule has 0 fully saturated rings. The minimum atomic E-state index is 0.491. The van der Waals surface area contributed by atoms with Gasteiger partial charge in [0.1, 0.15) is 5.82 Å². The zero-order valence-corrected chi connectivity index (χ0v) is 11.4. The topological polar surface area (TPSA) is 37.0 Å². The number of rotatable bonds is 4. The van der Waals surface area contributed by atoms with E-state index < -0.39 is 0 Å². The molecule has 0 atom stereocenters. The summed E-state index contributed by atoms with van der Waals surface area (Å²) in [5.41, 5.74) is 0.927. The van der Waals surface area contributed by atoms with Crippen LogP contribution in [0.15, 0.2) is 36.4 Å². The molecule has 0 aliphatic heterocycles. The standard InChI is InChI=1S/C13H13Cl2N3/c1-2-16-12-10(14)8-11(15)13(18-12)17-9-6-4-3-5-7-9/h3-8H,2H2,1H3,(H2,16,17,18). The molecular formula is C13H13Cl2N3. The van der Waals surface area contributed by atoms with Crippen molar-refractivity contribution in [3.05, 3.63) is 46.4 Å². The average Bonchev–Trinajstić information content (AvgIpc) is 2.37. The van der Waals surface area contributed by atoms with Gasteiger partial charge in [-0.1, -0.05) is 41.4 Å². The fourth-order valence-corrected chi connectivity index (χ4v) is 1.98. The third-order valence-electron chi connectivity index (χ3n) is 2.31. The molecule has 94 valence electrons. The Bertz CT molecular complexity index is 529. The summed E-state index contributed by atoms with van der Waals surface area (Å²) in [7, 11) is 0. The third kappa shape index (κ3) is 3.06. The van der Waals surface area contributed by atoms with Crippen LogP contribution in [0.2, 0.25) is 10.0 Å². The number of aromatic nitrogens is 1. The van der Waals surface area contributed by atoms with Gasteiger partial charge in [0.2, 0.25) is 0 Å². The monoisotopic (exact) mass is 281 g/mol. The molecule has 2 N–H and O–H groups in total. The van der Waals surface area contributed by atoms with Crippen LogP contribution in [-0.2, 0) is 0 Å². The van der Waals surface area contributed by atoms with Gasteiger partial charge in [0.05, 0.1) is 10.0 Å². The molecule has 18 heavy (non-hydrogen) atoms. The van der Waals surface area contributed by atoms with E-state index in [1.54, 1.807) is 6.07 Å². The van der Waals surface area contributed by atoms with Crippen LogP contribution in [0, 0.1) is 0 Å². The number of hydrogen-bond acceptors (Lipinski definition) is 3. The first-order chi connectivity index (χ1) is 8.70. The maximum atomic E-state index is 6.11. The Hall–Kier alpha value is -1.45. The SMILES string of the molecule is CCNc1nc(Nc2ccccc2)c(Cl)cc1Cl. The third-order valence-corrected chi connectivity index (χ3v) is 2.89. The molecule has 0 aliphatic rings. The van der Waals surface area contributed by atoms with Crippen LogP contribution in [0.3, 0.4) is 0 Å². The number of halogens is 2. The lowest BCUT2D eigenvalue weighted by molar-refractivity contribution is 1.16. The van der Waals surface area contributed by atoms with Crippen LogP contribution in [-0.4, -0.2) is 11.5 Å². The van der Waals surface area contributed by atoms with Crippen LogP contribution in [0.4, 0.5) is 17.3 Å². The largest absolute Gasteiger partial charge is 0.369 e. The van der Waals surface area contributed by atoms with Gasteiger partial charge in [-0.3, -0.25) is 0 Å². The van der Waals surface area contributed by atoms with Crippen molar-refractivity contribution in [2.45, 2.75) is 6.92 Å². The lowest BCUT2D eigenvalue weighted by atomic mass is 10.3. The lowest BCUT2D eigenvalue weighted by Gasteiger charge is -2.11. The maximum Gasteiger partial charge on any atom is 0.151 e. The summed E-state index contributed by atoms with van der Waals surface area (Å²) >= 11 is 12.2. The average molecular weight is 282 g/mol. The molecule has 0 spiro atoms. The molecule has 1 heterocycles. The van der Waals surface area contributed by atoms with E-state index in [2.05, 4.69) is 15.6 Å². The molecule has 2 rings (SSSR count). The Morgan fingerprint density at radius 2 is 1.72 bits per heavy atom. The molecule has 3 nitrogen and oxygen atoms in total. The van der Waals surface area contributed by atoms with E-state index in [1.807, 2.05) is 37.3 Å². The molecule has 0 saturated heterocycles. The van der Waals surface area contributed by atoms with Gasteiger partial charge in [-0.25, -0.2) is 4.98 Å². The number of para-hydroxylation sites is 1. The van der Waals surface area contributed by atoms with Crippen LogP contribution in [0.5, 0.6) is 0 Å². The van der Waals surface area contributed by atoms with Gasteiger partial charge >= 0.3 is 0 Å². The molecule has 0 aliphatic carbocycles. The Morgan fingerprint density at radius 3 is 2.39 bits per heavy atom. The van der Waals surface area contributed by atoms with E-state index in [9.17, 15) is 0 Å². The first-order valence-electron chi connectivity index (χ1n) is 5.62. The van der Waals surface area contributed by atoms with Crippen molar-refractivity contribution in [1.82, 2.24) is 4.98 Å². The highest BCUT2D eigenvalue weighted by molar-refractivity contribution is 6.37. The summed E-state index contributed by atoms with van der Waals surface area (Å²) in [4.78, 5) is 4.37. The van der Waals surface area contributed by atoms with Crippen molar-refractivity contribution in [2.24, 2.45) is 0 Å². The fourth-order valence-electron chi connectivity index (χ4n) is 1.50. The van der Waals surface area contributed by atoms with Gasteiger partial charge in [-0.05, 0) is 25.1 Å². The number of hydrogen-bond donors (Lipinski definition) is 2. The zero-order chi connectivity index (χ0) is 13.0. The summed E-state index contributed by atoms with van der Waals surface area (Å²) in [6.45, 7) is 2.73. The van der Waals surface area contributed by atoms with Gasteiger partial charge in [0, 0.05) is 12.2 Å². The van der Waals surface area contributed by atoms with Crippen molar-refractivity contribution >= 4 is 40.5 Å². The molecule has 0 saturated carbocycles. The molecule has 0 bridgehead atoms. The predicted octanol–water partition coefficient (Wildman–Crippen LogP) is 4.56. The van der Waals surface area contributed by atoms with Crippen molar-refractivity contribution in [3.8, 4) is 0 Å². The lowest BCUT2D eigenvalue weighted by Crippen LogP contribution is -2.03. The summed E-state index contributed by atoms with van der Waals surface area (Å²) in [6.07, 6.45) is 0. The second-order valence-corrected chi connectivity index (χ2v) is 4.48. The molecule has 1 aromatic heterocycles. The van der Waals surface area contributed by atoms with Crippen LogP contribution in [0.1, 0.15) is 6.92 Å². The Balaban J connectivity index is 2.30. The number of nitrogens with zero attached hydrogens (tertiary/aromatic N) is 1. The fraction of sp³-hybridized carbons (Fsp3) is 0.154. The number of anilines is 3. The van der Waals surface area contributed by atoms with Gasteiger partial charge in [0.15, 0.2) is 5.82 Å². The molecule has 5 heteroatoms. The summed E-state index contributed by atoms with van der Waals surface area (Å²) < 4.78 is 0. The van der Waals surface area contributed by atoms with Crippen LogP contribution in [0.25, 0.3) is 0 Å². The maximum absolute atomic E-state index is 6.11. The Kier molecular flexibility index (Phi) is 4.28. The summed E-state index contributed by atoms with van der Waals surface area (Å²) in [5, 5.41) is 7.25. The zero-order valence-electron chi connectivity index (χ0n) is 9.87. The van der Waals surface area contributed by atoms with E-state index in [0.717, 1.165) is 12.2 Å². The molecular weight excluding hydrogens is 269 g/mol. The second-order valence-electron chi connectivity index (χ2n) is 3.67. The van der Waals surface area contributed by atoms with Gasteiger partial charge in [-0.15, -0.1) is 0 Å². The van der Waals surface area contributed by atoms with E-state index >= 15 is 0 Å². The highest BCUT2D eigenvalue weighted by Gasteiger charge is 2.08. The van der Waals surface area contributed by atoms with Crippen molar-refractivity contribution < 1.29 is 0 Å². The Morgan fingerprint density at radius 1 is 1.06 bits per heavy atom. The van der Waals surface area contributed by atoms with E-state index in [0.29, 0.717) is 21.7 Å². The highest BCUT2D eigenvalue weighted by atomic mass is 35.5. The van der Waals surface area contributed by atoms with Crippen LogP contribution >= 0.6 is 23.2 Å². The van der Waals surface area contributed by atoms with E-state index in [4.69, 9.17) is 23.2 Å². The first-order valence-corrected chi connectivity index (χ1v) is 6.38. The summed E-state index contributed by atoms with van der Waals surface area (Å²) in [6, 6.07) is 11.4. The Labute approximate surface area is 116 Å². The minimum absolute atomic E-state index is 0.491.